The predicted molar refractivity (Wildman–Crippen MR) is 79.1 cm³/mol. The van der Waals surface area contributed by atoms with Crippen molar-refractivity contribution >= 4 is 5.91 Å². The lowest BCUT2D eigenvalue weighted by Crippen LogP contribution is -2.34. The minimum atomic E-state index is -0.420. The number of carbonyl (C=O) groups is 1. The quantitative estimate of drug-likeness (QED) is 0.819. The van der Waals surface area contributed by atoms with Gasteiger partial charge in [-0.15, -0.1) is 0 Å². The maximum Gasteiger partial charge on any atom is 0.241 e. The van der Waals surface area contributed by atoms with Gasteiger partial charge in [0.15, 0.2) is 0 Å². The fraction of sp³-hybridized carbons (Fsp3) is 0.562. The molecule has 0 aromatic heterocycles. The number of halogens is 1. The van der Waals surface area contributed by atoms with Crippen LogP contribution >= 0.6 is 0 Å². The van der Waals surface area contributed by atoms with E-state index in [1.807, 2.05) is 0 Å². The lowest BCUT2D eigenvalue weighted by molar-refractivity contribution is -0.130. The van der Waals surface area contributed by atoms with Crippen molar-refractivity contribution in [2.24, 2.45) is 5.92 Å². The molecule has 1 aliphatic heterocycles. The molecule has 0 bridgehead atoms. The van der Waals surface area contributed by atoms with E-state index in [0.717, 1.165) is 0 Å². The molecule has 1 aromatic carbocycles. The molecular formula is C16H23FN2O2. The number of benzene rings is 1. The fourth-order valence-electron chi connectivity index (χ4n) is 2.45. The molecule has 116 valence electrons. The molecule has 1 heterocycles. The molecule has 5 heteroatoms. The summed E-state index contributed by atoms with van der Waals surface area (Å²) in [6.45, 7) is 7.53. The van der Waals surface area contributed by atoms with Crippen LogP contribution in [-0.2, 0) is 9.53 Å². The van der Waals surface area contributed by atoms with Crippen molar-refractivity contribution in [2.75, 3.05) is 19.8 Å². The number of carbonyl (C=O) groups excluding carboxylic acids is 1. The van der Waals surface area contributed by atoms with Crippen LogP contribution < -0.4 is 5.32 Å². The van der Waals surface area contributed by atoms with Gasteiger partial charge in [0, 0.05) is 18.7 Å². The van der Waals surface area contributed by atoms with E-state index in [9.17, 15) is 9.18 Å². The first-order valence-electron chi connectivity index (χ1n) is 7.39. The summed E-state index contributed by atoms with van der Waals surface area (Å²) in [6, 6.07) is 6.24. The lowest BCUT2D eigenvalue weighted by atomic mass is 10.1. The van der Waals surface area contributed by atoms with Gasteiger partial charge in [0.05, 0.1) is 12.6 Å². The van der Waals surface area contributed by atoms with Crippen LogP contribution in [0.3, 0.4) is 0 Å². The Morgan fingerprint density at radius 1 is 1.38 bits per heavy atom. The van der Waals surface area contributed by atoms with Gasteiger partial charge >= 0.3 is 0 Å². The Morgan fingerprint density at radius 2 is 2.10 bits per heavy atom. The maximum atomic E-state index is 14.0. The highest BCUT2D eigenvalue weighted by Crippen LogP contribution is 2.26. The van der Waals surface area contributed by atoms with Crippen molar-refractivity contribution in [1.82, 2.24) is 10.2 Å². The standard InChI is InChI=1S/C16H23FN2O2/c1-11(2)10-21-9-8-19-15(18-12(3)16(19)20)13-6-4-5-7-14(13)17/h4-7,11-12,15,18H,8-10H2,1-3H3. The summed E-state index contributed by atoms with van der Waals surface area (Å²) < 4.78 is 19.5. The topological polar surface area (TPSA) is 41.6 Å². The van der Waals surface area contributed by atoms with E-state index in [1.165, 1.54) is 6.07 Å². The number of nitrogens with one attached hydrogen (secondary N) is 1. The molecule has 2 atom stereocenters. The third kappa shape index (κ3) is 3.80. The Kier molecular flexibility index (Phi) is 5.31. The summed E-state index contributed by atoms with van der Waals surface area (Å²) in [5.41, 5.74) is 0.499. The zero-order valence-corrected chi connectivity index (χ0v) is 12.8. The van der Waals surface area contributed by atoms with Gasteiger partial charge < -0.3 is 9.64 Å². The molecule has 4 nitrogen and oxygen atoms in total. The number of hydrogen-bond acceptors (Lipinski definition) is 3. The monoisotopic (exact) mass is 294 g/mol. The minimum absolute atomic E-state index is 0.0172. The summed E-state index contributed by atoms with van der Waals surface area (Å²) in [6.07, 6.45) is -0.420. The normalized spacial score (nSPS) is 22.3. The van der Waals surface area contributed by atoms with Crippen molar-refractivity contribution in [3.8, 4) is 0 Å². The van der Waals surface area contributed by atoms with Gasteiger partial charge in [0.1, 0.15) is 12.0 Å². The van der Waals surface area contributed by atoms with Gasteiger partial charge in [-0.3, -0.25) is 10.1 Å². The van der Waals surface area contributed by atoms with Crippen LogP contribution in [0.25, 0.3) is 0 Å². The highest BCUT2D eigenvalue weighted by atomic mass is 19.1. The molecule has 1 amide bonds. The first-order valence-corrected chi connectivity index (χ1v) is 7.39. The van der Waals surface area contributed by atoms with Crippen LogP contribution in [0.4, 0.5) is 4.39 Å². The Bertz CT molecular complexity index is 493. The van der Waals surface area contributed by atoms with Gasteiger partial charge in [-0.1, -0.05) is 32.0 Å². The van der Waals surface area contributed by atoms with E-state index < -0.39 is 6.17 Å². The number of nitrogens with zero attached hydrogens (tertiary/aromatic N) is 1. The predicted octanol–water partition coefficient (Wildman–Crippen LogP) is 2.32. The van der Waals surface area contributed by atoms with E-state index in [4.69, 9.17) is 4.74 Å². The molecular weight excluding hydrogens is 271 g/mol. The van der Waals surface area contributed by atoms with Gasteiger partial charge in [-0.25, -0.2) is 4.39 Å². The van der Waals surface area contributed by atoms with Crippen molar-refractivity contribution in [1.29, 1.82) is 0 Å². The molecule has 1 fully saturated rings. The SMILES string of the molecule is CC(C)COCCN1C(=O)C(C)NC1c1ccccc1F. The Labute approximate surface area is 125 Å². The lowest BCUT2D eigenvalue weighted by Gasteiger charge is -2.25. The average Bonchev–Trinajstić information content (AvgIpc) is 2.71. The minimum Gasteiger partial charge on any atom is -0.379 e. The van der Waals surface area contributed by atoms with Gasteiger partial charge in [-0.2, -0.15) is 0 Å². The van der Waals surface area contributed by atoms with E-state index >= 15 is 0 Å². The number of ether oxygens (including phenoxy) is 1. The summed E-state index contributed by atoms with van der Waals surface area (Å²) in [5.74, 6) is 0.139. The third-order valence-electron chi connectivity index (χ3n) is 3.50. The molecule has 21 heavy (non-hydrogen) atoms. The third-order valence-corrected chi connectivity index (χ3v) is 3.50. The maximum absolute atomic E-state index is 14.0. The summed E-state index contributed by atoms with van der Waals surface area (Å²) in [4.78, 5) is 13.9. The van der Waals surface area contributed by atoms with Gasteiger partial charge in [0.25, 0.3) is 0 Å². The Morgan fingerprint density at radius 3 is 2.76 bits per heavy atom. The highest BCUT2D eigenvalue weighted by molar-refractivity contribution is 5.84. The molecule has 1 aromatic rings. The molecule has 0 aliphatic carbocycles. The Hall–Kier alpha value is -1.46. The second-order valence-electron chi connectivity index (χ2n) is 5.81. The molecule has 2 rings (SSSR count). The zero-order chi connectivity index (χ0) is 15.4. The molecule has 1 saturated heterocycles. The van der Waals surface area contributed by atoms with Crippen LogP contribution in [0.5, 0.6) is 0 Å². The highest BCUT2D eigenvalue weighted by Gasteiger charge is 2.37. The first-order chi connectivity index (χ1) is 10.0. The van der Waals surface area contributed by atoms with Crippen molar-refractivity contribution < 1.29 is 13.9 Å². The zero-order valence-electron chi connectivity index (χ0n) is 12.8. The summed E-state index contributed by atoms with van der Waals surface area (Å²) in [5, 5.41) is 3.14. The van der Waals surface area contributed by atoms with Gasteiger partial charge in [-0.05, 0) is 18.9 Å². The average molecular weight is 294 g/mol. The second-order valence-corrected chi connectivity index (χ2v) is 5.81. The first kappa shape index (κ1) is 15.9. The smallest absolute Gasteiger partial charge is 0.241 e. The van der Waals surface area contributed by atoms with Crippen molar-refractivity contribution in [2.45, 2.75) is 33.0 Å². The van der Waals surface area contributed by atoms with Gasteiger partial charge in [0.2, 0.25) is 5.91 Å². The largest absolute Gasteiger partial charge is 0.379 e. The van der Waals surface area contributed by atoms with Crippen molar-refractivity contribution in [3.05, 3.63) is 35.6 Å². The van der Waals surface area contributed by atoms with Crippen LogP contribution in [0, 0.1) is 11.7 Å². The van der Waals surface area contributed by atoms with E-state index in [1.54, 1.807) is 30.0 Å². The van der Waals surface area contributed by atoms with Crippen LogP contribution in [0.1, 0.15) is 32.5 Å². The molecule has 1 N–H and O–H groups in total. The molecule has 0 saturated carbocycles. The number of hydrogen-bond donors (Lipinski definition) is 1. The van der Waals surface area contributed by atoms with E-state index in [0.29, 0.717) is 31.2 Å². The van der Waals surface area contributed by atoms with Crippen molar-refractivity contribution in [3.63, 3.8) is 0 Å². The molecule has 0 radical (unpaired) electrons. The molecule has 2 unspecified atom stereocenters. The number of rotatable bonds is 6. The van der Waals surface area contributed by atoms with Crippen LogP contribution in [-0.4, -0.2) is 36.6 Å². The van der Waals surface area contributed by atoms with E-state index in [-0.39, 0.29) is 17.8 Å². The molecule has 0 spiro atoms. The summed E-state index contributed by atoms with van der Waals surface area (Å²) >= 11 is 0. The van der Waals surface area contributed by atoms with E-state index in [2.05, 4.69) is 19.2 Å². The molecule has 1 aliphatic rings. The second kappa shape index (κ2) is 7.00. The Balaban J connectivity index is 2.05. The fourth-order valence-corrected chi connectivity index (χ4v) is 2.45. The van der Waals surface area contributed by atoms with Crippen LogP contribution in [0.15, 0.2) is 24.3 Å². The summed E-state index contributed by atoms with van der Waals surface area (Å²) in [7, 11) is 0. The number of amides is 1. The van der Waals surface area contributed by atoms with Crippen LogP contribution in [0.2, 0.25) is 0 Å².